The van der Waals surface area contributed by atoms with Crippen molar-refractivity contribution in [3.8, 4) is 11.5 Å². The Hall–Kier alpha value is -1.26. The molecule has 1 aromatic carbocycles. The van der Waals surface area contributed by atoms with Gasteiger partial charge in [0, 0.05) is 6.54 Å². The van der Waals surface area contributed by atoms with E-state index in [2.05, 4.69) is 12.2 Å². The normalized spacial score (nSPS) is 10.3. The molecule has 0 spiro atoms. The Morgan fingerprint density at radius 3 is 2.53 bits per heavy atom. The molecule has 0 bridgehead atoms. The second-order valence-electron chi connectivity index (χ2n) is 3.60. The first-order valence-corrected chi connectivity index (χ1v) is 5.81. The SMILES string of the molecule is CCNCCOCc1ccc(OC)c(OC)c1. The summed E-state index contributed by atoms with van der Waals surface area (Å²) in [5, 5.41) is 3.21. The lowest BCUT2D eigenvalue weighted by Gasteiger charge is -2.10. The van der Waals surface area contributed by atoms with E-state index in [1.165, 1.54) is 0 Å². The quantitative estimate of drug-likeness (QED) is 0.703. The Kier molecular flexibility index (Phi) is 6.43. The molecule has 0 radical (unpaired) electrons. The summed E-state index contributed by atoms with van der Waals surface area (Å²) in [5.74, 6) is 1.48. The van der Waals surface area contributed by atoms with Crippen molar-refractivity contribution >= 4 is 0 Å². The summed E-state index contributed by atoms with van der Waals surface area (Å²) in [6, 6.07) is 5.81. The van der Waals surface area contributed by atoms with E-state index in [1.807, 2.05) is 18.2 Å². The molecule has 0 heterocycles. The van der Waals surface area contributed by atoms with Gasteiger partial charge in [-0.1, -0.05) is 13.0 Å². The minimum Gasteiger partial charge on any atom is -0.493 e. The lowest BCUT2D eigenvalue weighted by atomic mass is 10.2. The van der Waals surface area contributed by atoms with Gasteiger partial charge in [0.15, 0.2) is 11.5 Å². The van der Waals surface area contributed by atoms with E-state index in [1.54, 1.807) is 14.2 Å². The Labute approximate surface area is 103 Å². The summed E-state index contributed by atoms with van der Waals surface area (Å²) in [7, 11) is 3.26. The number of methoxy groups -OCH3 is 2. The van der Waals surface area contributed by atoms with Gasteiger partial charge in [0.2, 0.25) is 0 Å². The summed E-state index contributed by atoms with van der Waals surface area (Å²) < 4.78 is 15.9. The van der Waals surface area contributed by atoms with Crippen LogP contribution in [0.3, 0.4) is 0 Å². The topological polar surface area (TPSA) is 39.7 Å². The van der Waals surface area contributed by atoms with Crippen molar-refractivity contribution in [2.75, 3.05) is 33.9 Å². The molecule has 0 aliphatic rings. The maximum Gasteiger partial charge on any atom is 0.161 e. The molecule has 0 saturated heterocycles. The highest BCUT2D eigenvalue weighted by Gasteiger charge is 2.04. The predicted octanol–water partition coefficient (Wildman–Crippen LogP) is 1.83. The molecule has 0 amide bonds. The molecule has 0 saturated carbocycles. The number of benzene rings is 1. The Morgan fingerprint density at radius 2 is 1.88 bits per heavy atom. The van der Waals surface area contributed by atoms with Crippen LogP contribution >= 0.6 is 0 Å². The second-order valence-corrected chi connectivity index (χ2v) is 3.60. The molecule has 0 aliphatic heterocycles. The largest absolute Gasteiger partial charge is 0.493 e. The highest BCUT2D eigenvalue weighted by molar-refractivity contribution is 5.42. The second kappa shape index (κ2) is 7.92. The lowest BCUT2D eigenvalue weighted by molar-refractivity contribution is 0.123. The first kappa shape index (κ1) is 13.8. The van der Waals surface area contributed by atoms with E-state index in [-0.39, 0.29) is 0 Å². The molecular weight excluding hydrogens is 218 g/mol. The van der Waals surface area contributed by atoms with Crippen molar-refractivity contribution in [1.82, 2.24) is 5.32 Å². The highest BCUT2D eigenvalue weighted by Crippen LogP contribution is 2.27. The zero-order chi connectivity index (χ0) is 12.5. The van der Waals surface area contributed by atoms with Gasteiger partial charge in [-0.2, -0.15) is 0 Å². The number of hydrogen-bond acceptors (Lipinski definition) is 4. The highest BCUT2D eigenvalue weighted by atomic mass is 16.5. The van der Waals surface area contributed by atoms with E-state index >= 15 is 0 Å². The van der Waals surface area contributed by atoms with Crippen LogP contribution < -0.4 is 14.8 Å². The van der Waals surface area contributed by atoms with Crippen LogP contribution in [0.25, 0.3) is 0 Å². The van der Waals surface area contributed by atoms with E-state index in [0.29, 0.717) is 13.2 Å². The van der Waals surface area contributed by atoms with Crippen molar-refractivity contribution in [3.63, 3.8) is 0 Å². The molecular formula is C13H21NO3. The monoisotopic (exact) mass is 239 g/mol. The summed E-state index contributed by atoms with van der Waals surface area (Å²) >= 11 is 0. The minimum atomic E-state index is 0.589. The van der Waals surface area contributed by atoms with Crippen LogP contribution in [0.4, 0.5) is 0 Å². The molecule has 0 aromatic heterocycles. The van der Waals surface area contributed by atoms with Crippen LogP contribution in [0.2, 0.25) is 0 Å². The number of nitrogens with one attached hydrogen (secondary N) is 1. The van der Waals surface area contributed by atoms with Gasteiger partial charge in [-0.05, 0) is 24.2 Å². The van der Waals surface area contributed by atoms with Gasteiger partial charge >= 0.3 is 0 Å². The standard InChI is InChI=1S/C13H21NO3/c1-4-14-7-8-17-10-11-5-6-12(15-2)13(9-11)16-3/h5-6,9,14H,4,7-8,10H2,1-3H3. The van der Waals surface area contributed by atoms with Crippen LogP contribution in [0.15, 0.2) is 18.2 Å². The van der Waals surface area contributed by atoms with Gasteiger partial charge in [-0.15, -0.1) is 0 Å². The Bertz CT molecular complexity index is 328. The van der Waals surface area contributed by atoms with Crippen LogP contribution in [0.5, 0.6) is 11.5 Å². The van der Waals surface area contributed by atoms with E-state index in [9.17, 15) is 0 Å². The molecule has 96 valence electrons. The molecule has 1 aromatic rings. The Balaban J connectivity index is 2.43. The van der Waals surface area contributed by atoms with Crippen molar-refractivity contribution in [1.29, 1.82) is 0 Å². The van der Waals surface area contributed by atoms with E-state index < -0.39 is 0 Å². The fraction of sp³-hybridized carbons (Fsp3) is 0.538. The molecule has 0 aliphatic carbocycles. The summed E-state index contributed by atoms with van der Waals surface area (Å²) in [6.45, 7) is 5.23. The average Bonchev–Trinajstić information content (AvgIpc) is 2.38. The van der Waals surface area contributed by atoms with Crippen molar-refractivity contribution in [3.05, 3.63) is 23.8 Å². The van der Waals surface area contributed by atoms with Gasteiger partial charge in [0.05, 0.1) is 27.4 Å². The maximum atomic E-state index is 5.54. The van der Waals surface area contributed by atoms with Crippen LogP contribution in [0, 0.1) is 0 Å². The van der Waals surface area contributed by atoms with Gasteiger partial charge < -0.3 is 19.5 Å². The molecule has 1 N–H and O–H groups in total. The van der Waals surface area contributed by atoms with Gasteiger partial charge in [-0.25, -0.2) is 0 Å². The van der Waals surface area contributed by atoms with Crippen molar-refractivity contribution < 1.29 is 14.2 Å². The van der Waals surface area contributed by atoms with Crippen LogP contribution in [-0.4, -0.2) is 33.9 Å². The number of likely N-dealkylation sites (N-methyl/N-ethyl adjacent to an activating group) is 1. The third-order valence-electron chi connectivity index (χ3n) is 2.39. The first-order valence-electron chi connectivity index (χ1n) is 5.81. The van der Waals surface area contributed by atoms with Crippen molar-refractivity contribution in [2.24, 2.45) is 0 Å². The minimum absolute atomic E-state index is 0.589. The molecule has 17 heavy (non-hydrogen) atoms. The zero-order valence-corrected chi connectivity index (χ0v) is 10.8. The van der Waals surface area contributed by atoms with Crippen molar-refractivity contribution in [2.45, 2.75) is 13.5 Å². The van der Waals surface area contributed by atoms with Crippen LogP contribution in [0.1, 0.15) is 12.5 Å². The average molecular weight is 239 g/mol. The summed E-state index contributed by atoms with van der Waals surface area (Å²) in [6.07, 6.45) is 0. The molecule has 4 nitrogen and oxygen atoms in total. The third-order valence-corrected chi connectivity index (χ3v) is 2.39. The molecule has 4 heteroatoms. The lowest BCUT2D eigenvalue weighted by Crippen LogP contribution is -2.18. The van der Waals surface area contributed by atoms with Crippen LogP contribution in [-0.2, 0) is 11.3 Å². The number of hydrogen-bond donors (Lipinski definition) is 1. The maximum absolute atomic E-state index is 5.54. The first-order chi connectivity index (χ1) is 8.31. The van der Waals surface area contributed by atoms with Gasteiger partial charge in [0.25, 0.3) is 0 Å². The number of ether oxygens (including phenoxy) is 3. The smallest absolute Gasteiger partial charge is 0.161 e. The van der Waals surface area contributed by atoms with E-state index in [0.717, 1.165) is 30.2 Å². The number of rotatable bonds is 8. The molecule has 0 atom stereocenters. The summed E-state index contributed by atoms with van der Waals surface area (Å²) in [5.41, 5.74) is 1.08. The zero-order valence-electron chi connectivity index (χ0n) is 10.8. The van der Waals surface area contributed by atoms with E-state index in [4.69, 9.17) is 14.2 Å². The molecule has 0 unspecified atom stereocenters. The molecule has 0 fully saturated rings. The van der Waals surface area contributed by atoms with Gasteiger partial charge in [0.1, 0.15) is 0 Å². The predicted molar refractivity (Wildman–Crippen MR) is 67.7 cm³/mol. The fourth-order valence-corrected chi connectivity index (χ4v) is 1.48. The Morgan fingerprint density at radius 1 is 1.12 bits per heavy atom. The van der Waals surface area contributed by atoms with Gasteiger partial charge in [-0.3, -0.25) is 0 Å². The molecule has 1 rings (SSSR count). The summed E-state index contributed by atoms with van der Waals surface area (Å²) in [4.78, 5) is 0. The fourth-order valence-electron chi connectivity index (χ4n) is 1.48. The third kappa shape index (κ3) is 4.63.